The molecule has 1 saturated heterocycles. The van der Waals surface area contributed by atoms with E-state index in [-0.39, 0.29) is 5.91 Å². The number of carbonyl (C=O) groups is 2. The molecule has 1 heterocycles. The summed E-state index contributed by atoms with van der Waals surface area (Å²) < 4.78 is 0. The van der Waals surface area contributed by atoms with Crippen LogP contribution < -0.4 is 5.73 Å². The third-order valence-corrected chi connectivity index (χ3v) is 2.32. The maximum atomic E-state index is 10.6. The third-order valence-electron chi connectivity index (χ3n) is 2.32. The van der Waals surface area contributed by atoms with Crippen LogP contribution in [0.25, 0.3) is 0 Å². The van der Waals surface area contributed by atoms with E-state index in [2.05, 4.69) is 0 Å². The van der Waals surface area contributed by atoms with Crippen LogP contribution in [0.15, 0.2) is 0 Å². The lowest BCUT2D eigenvalue weighted by molar-refractivity contribution is -0.118. The highest BCUT2D eigenvalue weighted by atomic mass is 16.4. The van der Waals surface area contributed by atoms with Crippen LogP contribution in [0.5, 0.6) is 0 Å². The summed E-state index contributed by atoms with van der Waals surface area (Å²) in [6, 6.07) is 0. The molecule has 0 bridgehead atoms. The molecule has 0 aromatic heterocycles. The number of primary amides is 1. The Balaban J connectivity index is 2.22. The second kappa shape index (κ2) is 4.80. The van der Waals surface area contributed by atoms with Crippen LogP contribution in [0.1, 0.15) is 6.42 Å². The molecule has 2 amide bonds. The Hall–Kier alpha value is -1.30. The first-order valence-corrected chi connectivity index (χ1v) is 4.58. The summed E-state index contributed by atoms with van der Waals surface area (Å²) in [7, 11) is 0. The number of rotatable bonds is 3. The molecular weight excluding hydrogens is 186 g/mol. The Morgan fingerprint density at radius 3 is 2.21 bits per heavy atom. The van der Waals surface area contributed by atoms with Gasteiger partial charge in [-0.2, -0.15) is 0 Å². The van der Waals surface area contributed by atoms with Crippen molar-refractivity contribution in [3.05, 3.63) is 0 Å². The minimum atomic E-state index is -0.875. The van der Waals surface area contributed by atoms with Crippen molar-refractivity contribution < 1.29 is 14.7 Å². The zero-order valence-electron chi connectivity index (χ0n) is 7.98. The van der Waals surface area contributed by atoms with E-state index in [1.807, 2.05) is 4.90 Å². The summed E-state index contributed by atoms with van der Waals surface area (Å²) in [5, 5.41) is 8.68. The van der Waals surface area contributed by atoms with E-state index in [9.17, 15) is 9.59 Å². The van der Waals surface area contributed by atoms with Crippen molar-refractivity contribution in [1.29, 1.82) is 0 Å². The van der Waals surface area contributed by atoms with Gasteiger partial charge in [0.1, 0.15) is 0 Å². The van der Waals surface area contributed by atoms with Crippen molar-refractivity contribution in [2.45, 2.75) is 6.42 Å². The van der Waals surface area contributed by atoms with Gasteiger partial charge in [0, 0.05) is 39.1 Å². The van der Waals surface area contributed by atoms with Crippen molar-refractivity contribution in [2.75, 3.05) is 32.7 Å². The van der Waals surface area contributed by atoms with Gasteiger partial charge >= 0.3 is 6.09 Å². The summed E-state index contributed by atoms with van der Waals surface area (Å²) in [5.41, 5.74) is 5.02. The molecule has 3 N–H and O–H groups in total. The van der Waals surface area contributed by atoms with Crippen LogP contribution in [0, 0.1) is 0 Å². The van der Waals surface area contributed by atoms with Crippen LogP contribution >= 0.6 is 0 Å². The second-order valence-corrected chi connectivity index (χ2v) is 3.33. The van der Waals surface area contributed by atoms with Crippen LogP contribution in [0.3, 0.4) is 0 Å². The van der Waals surface area contributed by atoms with Gasteiger partial charge in [-0.1, -0.05) is 0 Å². The molecule has 1 aliphatic rings. The molecule has 6 heteroatoms. The van der Waals surface area contributed by atoms with Crippen molar-refractivity contribution >= 4 is 12.0 Å². The molecular formula is C8H15N3O3. The number of hydrogen-bond donors (Lipinski definition) is 2. The van der Waals surface area contributed by atoms with E-state index in [1.165, 1.54) is 4.90 Å². The zero-order chi connectivity index (χ0) is 10.6. The highest BCUT2D eigenvalue weighted by molar-refractivity contribution is 5.73. The maximum absolute atomic E-state index is 10.6. The van der Waals surface area contributed by atoms with E-state index in [0.29, 0.717) is 39.1 Å². The first-order chi connectivity index (χ1) is 6.59. The predicted molar refractivity (Wildman–Crippen MR) is 49.8 cm³/mol. The molecule has 0 aromatic rings. The Morgan fingerprint density at radius 2 is 1.79 bits per heavy atom. The smallest absolute Gasteiger partial charge is 0.407 e. The number of nitrogens with zero attached hydrogens (tertiary/aromatic N) is 2. The fraction of sp³-hybridized carbons (Fsp3) is 0.750. The summed E-state index contributed by atoms with van der Waals surface area (Å²) in [4.78, 5) is 24.5. The average molecular weight is 201 g/mol. The highest BCUT2D eigenvalue weighted by Gasteiger charge is 2.19. The minimum Gasteiger partial charge on any atom is -0.465 e. The molecule has 0 saturated carbocycles. The lowest BCUT2D eigenvalue weighted by Gasteiger charge is -2.32. The molecule has 0 aliphatic carbocycles. The average Bonchev–Trinajstić information content (AvgIpc) is 2.15. The fourth-order valence-electron chi connectivity index (χ4n) is 1.43. The van der Waals surface area contributed by atoms with Gasteiger partial charge in [-0.3, -0.25) is 9.69 Å². The van der Waals surface area contributed by atoms with Crippen molar-refractivity contribution in [3.63, 3.8) is 0 Å². The van der Waals surface area contributed by atoms with E-state index in [4.69, 9.17) is 10.8 Å². The van der Waals surface area contributed by atoms with Gasteiger partial charge in [-0.05, 0) is 0 Å². The monoisotopic (exact) mass is 201 g/mol. The minimum absolute atomic E-state index is 0.314. The topological polar surface area (TPSA) is 86.9 Å². The zero-order valence-corrected chi connectivity index (χ0v) is 7.98. The van der Waals surface area contributed by atoms with Gasteiger partial charge in [-0.15, -0.1) is 0 Å². The first-order valence-electron chi connectivity index (χ1n) is 4.58. The molecule has 80 valence electrons. The molecule has 6 nitrogen and oxygen atoms in total. The fourth-order valence-corrected chi connectivity index (χ4v) is 1.43. The number of carbonyl (C=O) groups excluding carboxylic acids is 1. The van der Waals surface area contributed by atoms with Crippen LogP contribution in [0.2, 0.25) is 0 Å². The number of amides is 2. The number of hydrogen-bond acceptors (Lipinski definition) is 3. The quantitative estimate of drug-likeness (QED) is 0.623. The Kier molecular flexibility index (Phi) is 3.70. The normalized spacial score (nSPS) is 18.1. The van der Waals surface area contributed by atoms with E-state index in [0.717, 1.165) is 0 Å². The lowest BCUT2D eigenvalue weighted by atomic mass is 10.3. The van der Waals surface area contributed by atoms with Gasteiger partial charge in [0.15, 0.2) is 0 Å². The van der Waals surface area contributed by atoms with Crippen LogP contribution in [0.4, 0.5) is 4.79 Å². The van der Waals surface area contributed by atoms with Gasteiger partial charge < -0.3 is 15.7 Å². The molecule has 0 atom stereocenters. The van der Waals surface area contributed by atoms with Gasteiger partial charge in [0.2, 0.25) is 5.91 Å². The summed E-state index contributed by atoms with van der Waals surface area (Å²) in [6.07, 6.45) is -0.535. The van der Waals surface area contributed by atoms with Crippen LogP contribution in [-0.4, -0.2) is 59.6 Å². The summed E-state index contributed by atoms with van der Waals surface area (Å²) in [6.45, 7) is 3.00. The van der Waals surface area contributed by atoms with Gasteiger partial charge in [0.25, 0.3) is 0 Å². The number of carboxylic acid groups (broad SMARTS) is 1. The second-order valence-electron chi connectivity index (χ2n) is 3.33. The number of piperazine rings is 1. The maximum Gasteiger partial charge on any atom is 0.407 e. The van der Waals surface area contributed by atoms with Crippen molar-refractivity contribution in [1.82, 2.24) is 9.80 Å². The van der Waals surface area contributed by atoms with Crippen molar-refractivity contribution in [3.8, 4) is 0 Å². The Labute approximate surface area is 82.3 Å². The molecule has 0 radical (unpaired) electrons. The highest BCUT2D eigenvalue weighted by Crippen LogP contribution is 2.02. The molecule has 0 unspecified atom stereocenters. The molecule has 14 heavy (non-hydrogen) atoms. The van der Waals surface area contributed by atoms with Crippen LogP contribution in [-0.2, 0) is 4.79 Å². The molecule has 1 aliphatic heterocycles. The molecule has 0 aromatic carbocycles. The van der Waals surface area contributed by atoms with E-state index in [1.54, 1.807) is 0 Å². The Bertz CT molecular complexity index is 224. The third kappa shape index (κ3) is 3.21. The Morgan fingerprint density at radius 1 is 1.21 bits per heavy atom. The van der Waals surface area contributed by atoms with Crippen molar-refractivity contribution in [2.24, 2.45) is 5.73 Å². The van der Waals surface area contributed by atoms with Gasteiger partial charge in [-0.25, -0.2) is 4.79 Å². The molecule has 0 spiro atoms. The number of nitrogens with two attached hydrogens (primary N) is 1. The van der Waals surface area contributed by atoms with E-state index >= 15 is 0 Å². The molecule has 1 rings (SSSR count). The lowest BCUT2D eigenvalue weighted by Crippen LogP contribution is -2.48. The van der Waals surface area contributed by atoms with Gasteiger partial charge in [0.05, 0.1) is 0 Å². The summed E-state index contributed by atoms with van der Waals surface area (Å²) in [5.74, 6) is -0.314. The molecule has 1 fully saturated rings. The summed E-state index contributed by atoms with van der Waals surface area (Å²) >= 11 is 0. The largest absolute Gasteiger partial charge is 0.465 e. The predicted octanol–water partition coefficient (Wildman–Crippen LogP) is -0.843. The SMILES string of the molecule is NC(=O)CCN1CCN(C(=O)O)CC1. The first kappa shape index (κ1) is 10.8. The standard InChI is InChI=1S/C8H15N3O3/c9-7(12)1-2-10-3-5-11(6-4-10)8(13)14/h1-6H2,(H2,9,12)(H,13,14). The van der Waals surface area contributed by atoms with E-state index < -0.39 is 6.09 Å².